The molecule has 5 N–H and O–H groups in total. The van der Waals surface area contributed by atoms with E-state index in [2.05, 4.69) is 17.1 Å². The molecule has 0 aromatic heterocycles. The third-order valence-electron chi connectivity index (χ3n) is 3.75. The lowest BCUT2D eigenvalue weighted by Gasteiger charge is -2.30. The molecule has 0 radical (unpaired) electrons. The van der Waals surface area contributed by atoms with E-state index >= 15 is 0 Å². The molecule has 6 heteroatoms. The normalized spacial score (nSPS) is 17.4. The quantitative estimate of drug-likeness (QED) is 0.729. The Labute approximate surface area is 130 Å². The van der Waals surface area contributed by atoms with E-state index in [9.17, 15) is 4.79 Å². The number of likely N-dealkylation sites (tertiary alicyclic amines) is 1. The van der Waals surface area contributed by atoms with Crippen molar-refractivity contribution in [2.45, 2.75) is 32.2 Å². The predicted molar refractivity (Wildman–Crippen MR) is 87.8 cm³/mol. The Bertz CT molecular complexity index is 515. The van der Waals surface area contributed by atoms with Crippen molar-refractivity contribution in [2.75, 3.05) is 30.7 Å². The van der Waals surface area contributed by atoms with Crippen molar-refractivity contribution < 1.29 is 4.79 Å². The molecular formula is C15H23ClN4O. The number of anilines is 2. The summed E-state index contributed by atoms with van der Waals surface area (Å²) in [5, 5.41) is 3.73. The first-order valence-corrected chi connectivity index (χ1v) is 7.73. The molecule has 2 rings (SSSR count). The summed E-state index contributed by atoms with van der Waals surface area (Å²) in [6.45, 7) is 5.25. The number of nitrogens with zero attached hydrogens (tertiary/aromatic N) is 1. The summed E-state index contributed by atoms with van der Waals surface area (Å²) in [6.07, 6.45) is 3.82. The number of nitrogens with two attached hydrogens (primary N) is 2. The van der Waals surface area contributed by atoms with E-state index < -0.39 is 5.91 Å². The molecule has 0 aliphatic carbocycles. The molecule has 1 aliphatic rings. The van der Waals surface area contributed by atoms with Crippen LogP contribution in [0.1, 0.15) is 36.5 Å². The number of hydrogen-bond acceptors (Lipinski definition) is 4. The van der Waals surface area contributed by atoms with Crippen LogP contribution in [0.25, 0.3) is 0 Å². The summed E-state index contributed by atoms with van der Waals surface area (Å²) >= 11 is 6.20. The second-order valence-electron chi connectivity index (χ2n) is 5.70. The van der Waals surface area contributed by atoms with Crippen LogP contribution in [-0.2, 0) is 0 Å². The Morgan fingerprint density at radius 2 is 2.05 bits per heavy atom. The number of nitrogens with one attached hydrogen (secondary N) is 1. The average Bonchev–Trinajstić information content (AvgIpc) is 2.42. The number of halogens is 1. The highest BCUT2D eigenvalue weighted by atomic mass is 35.5. The Hall–Kier alpha value is -1.46. The van der Waals surface area contributed by atoms with E-state index in [1.165, 1.54) is 19.3 Å². The predicted octanol–water partition coefficient (Wildman–Crippen LogP) is 2.31. The lowest BCUT2D eigenvalue weighted by Crippen LogP contribution is -2.38. The first-order valence-electron chi connectivity index (χ1n) is 7.35. The number of carbonyl (C=O) groups excluding carboxylic acids is 1. The molecule has 116 valence electrons. The minimum Gasteiger partial charge on any atom is -0.399 e. The summed E-state index contributed by atoms with van der Waals surface area (Å²) in [5.41, 5.74) is 12.5. The van der Waals surface area contributed by atoms with E-state index in [4.69, 9.17) is 23.1 Å². The maximum atomic E-state index is 11.6. The zero-order chi connectivity index (χ0) is 15.4. The van der Waals surface area contributed by atoms with Crippen LogP contribution in [0.5, 0.6) is 0 Å². The number of carbonyl (C=O) groups is 1. The van der Waals surface area contributed by atoms with Gasteiger partial charge >= 0.3 is 0 Å². The Morgan fingerprint density at radius 1 is 1.38 bits per heavy atom. The van der Waals surface area contributed by atoms with E-state index in [1.807, 2.05) is 0 Å². The van der Waals surface area contributed by atoms with Gasteiger partial charge in [-0.1, -0.05) is 18.0 Å². The minimum atomic E-state index is -0.531. The lowest BCUT2D eigenvalue weighted by molar-refractivity contribution is 0.100. The van der Waals surface area contributed by atoms with Crippen LogP contribution in [0.4, 0.5) is 11.4 Å². The van der Waals surface area contributed by atoms with Crippen molar-refractivity contribution in [1.29, 1.82) is 0 Å². The molecule has 1 saturated heterocycles. The third-order valence-corrected chi connectivity index (χ3v) is 4.05. The van der Waals surface area contributed by atoms with Crippen LogP contribution >= 0.6 is 11.6 Å². The Morgan fingerprint density at radius 3 is 2.67 bits per heavy atom. The van der Waals surface area contributed by atoms with Crippen LogP contribution in [0, 0.1) is 0 Å². The van der Waals surface area contributed by atoms with Gasteiger partial charge in [0.2, 0.25) is 0 Å². The van der Waals surface area contributed by atoms with E-state index in [1.54, 1.807) is 12.1 Å². The van der Waals surface area contributed by atoms with E-state index in [0.717, 1.165) is 19.6 Å². The van der Waals surface area contributed by atoms with Gasteiger partial charge in [0, 0.05) is 18.3 Å². The fraction of sp³-hybridized carbons (Fsp3) is 0.533. The monoisotopic (exact) mass is 310 g/mol. The Balaban J connectivity index is 2.09. The summed E-state index contributed by atoms with van der Waals surface area (Å²) in [6, 6.07) is 3.36. The summed E-state index contributed by atoms with van der Waals surface area (Å²) in [5.74, 6) is -0.531. The standard InChI is InChI=1S/C15H23ClN4O/c1-10(9-20-5-3-2-4-6-20)19-14-12(15(18)21)7-11(17)8-13(14)16/h7-8,10,19H,2-6,9,17H2,1H3,(H2,18,21). The highest BCUT2D eigenvalue weighted by molar-refractivity contribution is 6.34. The van der Waals surface area contributed by atoms with E-state index in [-0.39, 0.29) is 6.04 Å². The van der Waals surface area contributed by atoms with Crippen molar-refractivity contribution in [1.82, 2.24) is 4.90 Å². The molecule has 1 heterocycles. The molecular weight excluding hydrogens is 288 g/mol. The fourth-order valence-corrected chi connectivity index (χ4v) is 3.07. The van der Waals surface area contributed by atoms with Crippen molar-refractivity contribution >= 4 is 28.9 Å². The Kier molecular flexibility index (Phi) is 5.31. The average molecular weight is 311 g/mol. The molecule has 1 fully saturated rings. The van der Waals surface area contributed by atoms with Crippen molar-refractivity contribution in [3.05, 3.63) is 22.7 Å². The van der Waals surface area contributed by atoms with Gasteiger partial charge in [-0.25, -0.2) is 0 Å². The fourth-order valence-electron chi connectivity index (χ4n) is 2.79. The zero-order valence-electron chi connectivity index (χ0n) is 12.4. The number of rotatable bonds is 5. The second kappa shape index (κ2) is 7.00. The number of amides is 1. The number of hydrogen-bond donors (Lipinski definition) is 3. The van der Waals surface area contributed by atoms with Gasteiger partial charge in [0.15, 0.2) is 0 Å². The molecule has 1 aliphatic heterocycles. The van der Waals surface area contributed by atoms with Gasteiger partial charge in [-0.3, -0.25) is 4.79 Å². The van der Waals surface area contributed by atoms with Gasteiger partial charge in [0.05, 0.1) is 16.3 Å². The highest BCUT2D eigenvalue weighted by Crippen LogP contribution is 2.29. The largest absolute Gasteiger partial charge is 0.399 e. The molecule has 0 saturated carbocycles. The SMILES string of the molecule is CC(CN1CCCCC1)Nc1c(Cl)cc(N)cc1C(N)=O. The van der Waals surface area contributed by atoms with Crippen LogP contribution in [0.2, 0.25) is 5.02 Å². The first kappa shape index (κ1) is 15.9. The molecule has 1 aromatic carbocycles. The molecule has 5 nitrogen and oxygen atoms in total. The number of piperidine rings is 1. The van der Waals surface area contributed by atoms with E-state index in [0.29, 0.717) is 22.0 Å². The van der Waals surface area contributed by atoms with Gasteiger partial charge in [-0.2, -0.15) is 0 Å². The lowest BCUT2D eigenvalue weighted by atomic mass is 10.1. The second-order valence-corrected chi connectivity index (χ2v) is 6.10. The summed E-state index contributed by atoms with van der Waals surface area (Å²) < 4.78 is 0. The first-order chi connectivity index (χ1) is 9.97. The maximum absolute atomic E-state index is 11.6. The number of benzene rings is 1. The summed E-state index contributed by atoms with van der Waals surface area (Å²) in [7, 11) is 0. The van der Waals surface area contributed by atoms with Gasteiger partial charge in [-0.15, -0.1) is 0 Å². The number of primary amides is 1. The molecule has 1 atom stereocenters. The molecule has 21 heavy (non-hydrogen) atoms. The van der Waals surface area contributed by atoms with Crippen LogP contribution in [-0.4, -0.2) is 36.5 Å². The van der Waals surface area contributed by atoms with Gasteiger partial charge < -0.3 is 21.7 Å². The summed E-state index contributed by atoms with van der Waals surface area (Å²) in [4.78, 5) is 14.0. The molecule has 0 spiro atoms. The van der Waals surface area contributed by atoms with Crippen LogP contribution in [0.15, 0.2) is 12.1 Å². The molecule has 1 aromatic rings. The van der Waals surface area contributed by atoms with Crippen molar-refractivity contribution in [3.63, 3.8) is 0 Å². The van der Waals surface area contributed by atoms with Gasteiger partial charge in [-0.05, 0) is 45.0 Å². The number of nitrogen functional groups attached to an aromatic ring is 1. The molecule has 0 bridgehead atoms. The minimum absolute atomic E-state index is 0.169. The smallest absolute Gasteiger partial charge is 0.250 e. The third kappa shape index (κ3) is 4.25. The van der Waals surface area contributed by atoms with Gasteiger partial charge in [0.1, 0.15) is 0 Å². The zero-order valence-corrected chi connectivity index (χ0v) is 13.1. The highest BCUT2D eigenvalue weighted by Gasteiger charge is 2.18. The van der Waals surface area contributed by atoms with Crippen LogP contribution < -0.4 is 16.8 Å². The topological polar surface area (TPSA) is 84.4 Å². The molecule has 1 amide bonds. The van der Waals surface area contributed by atoms with Gasteiger partial charge in [0.25, 0.3) is 5.91 Å². The van der Waals surface area contributed by atoms with Crippen LogP contribution in [0.3, 0.4) is 0 Å². The molecule has 1 unspecified atom stereocenters. The maximum Gasteiger partial charge on any atom is 0.250 e. The van der Waals surface area contributed by atoms with Crippen molar-refractivity contribution in [2.24, 2.45) is 5.73 Å². The van der Waals surface area contributed by atoms with Crippen molar-refractivity contribution in [3.8, 4) is 0 Å².